The van der Waals surface area contributed by atoms with Gasteiger partial charge in [0.15, 0.2) is 0 Å². The molecule has 0 aromatic carbocycles. The standard InChI is InChI=1S/C10H11N3O/c11-5-8-1-2-9(6-12-8)13-10-3-4-14-7-10/h1-2,6,10,13H,3-4,7H2. The minimum absolute atomic E-state index is 0.379. The summed E-state index contributed by atoms with van der Waals surface area (Å²) >= 11 is 0. The lowest BCUT2D eigenvalue weighted by atomic mass is 10.2. The average Bonchev–Trinajstić information content (AvgIpc) is 2.72. The molecule has 2 heterocycles. The first kappa shape index (κ1) is 8.97. The van der Waals surface area contributed by atoms with Crippen molar-refractivity contribution in [2.45, 2.75) is 12.5 Å². The van der Waals surface area contributed by atoms with Crippen LogP contribution in [0.25, 0.3) is 0 Å². The van der Waals surface area contributed by atoms with Crippen LogP contribution in [-0.4, -0.2) is 24.2 Å². The van der Waals surface area contributed by atoms with E-state index in [9.17, 15) is 0 Å². The molecular formula is C10H11N3O. The number of hydrogen-bond donors (Lipinski definition) is 1. The van der Waals surface area contributed by atoms with Crippen LogP contribution in [0.15, 0.2) is 18.3 Å². The van der Waals surface area contributed by atoms with Crippen molar-refractivity contribution in [1.82, 2.24) is 4.98 Å². The van der Waals surface area contributed by atoms with Gasteiger partial charge in [-0.25, -0.2) is 4.98 Å². The highest BCUT2D eigenvalue weighted by Crippen LogP contribution is 2.12. The monoisotopic (exact) mass is 189 g/mol. The Bertz CT molecular complexity index is 335. The van der Waals surface area contributed by atoms with Crippen LogP contribution in [0.2, 0.25) is 0 Å². The average molecular weight is 189 g/mol. The van der Waals surface area contributed by atoms with Gasteiger partial charge in [-0.05, 0) is 18.6 Å². The maximum Gasteiger partial charge on any atom is 0.140 e. The van der Waals surface area contributed by atoms with E-state index in [0.29, 0.717) is 11.7 Å². The third-order valence-corrected chi connectivity index (χ3v) is 2.18. The van der Waals surface area contributed by atoms with Crippen LogP contribution in [0.3, 0.4) is 0 Å². The molecule has 72 valence electrons. The van der Waals surface area contributed by atoms with E-state index in [1.807, 2.05) is 12.1 Å². The summed E-state index contributed by atoms with van der Waals surface area (Å²) in [6.45, 7) is 1.57. The summed E-state index contributed by atoms with van der Waals surface area (Å²) in [4.78, 5) is 3.97. The highest BCUT2D eigenvalue weighted by Gasteiger charge is 2.14. The van der Waals surface area contributed by atoms with Crippen molar-refractivity contribution >= 4 is 5.69 Å². The third-order valence-electron chi connectivity index (χ3n) is 2.18. The Balaban J connectivity index is 1.99. The summed E-state index contributed by atoms with van der Waals surface area (Å²) < 4.78 is 5.24. The van der Waals surface area contributed by atoms with Gasteiger partial charge in [0.2, 0.25) is 0 Å². The van der Waals surface area contributed by atoms with Crippen LogP contribution < -0.4 is 5.32 Å². The second-order valence-corrected chi connectivity index (χ2v) is 3.25. The Morgan fingerprint density at radius 2 is 2.50 bits per heavy atom. The topological polar surface area (TPSA) is 57.9 Å². The number of pyridine rings is 1. The van der Waals surface area contributed by atoms with Crippen molar-refractivity contribution in [2.24, 2.45) is 0 Å². The van der Waals surface area contributed by atoms with E-state index in [0.717, 1.165) is 25.3 Å². The molecule has 1 fully saturated rings. The number of nitriles is 1. The molecule has 1 aromatic heterocycles. The molecule has 0 spiro atoms. The van der Waals surface area contributed by atoms with Crippen LogP contribution in [-0.2, 0) is 4.74 Å². The van der Waals surface area contributed by atoms with Crippen LogP contribution in [0.4, 0.5) is 5.69 Å². The van der Waals surface area contributed by atoms with Gasteiger partial charge in [0.05, 0.1) is 24.5 Å². The predicted molar refractivity (Wildman–Crippen MR) is 51.8 cm³/mol. The fourth-order valence-electron chi connectivity index (χ4n) is 1.43. The molecule has 4 heteroatoms. The van der Waals surface area contributed by atoms with Gasteiger partial charge in [-0.15, -0.1) is 0 Å². The second kappa shape index (κ2) is 4.07. The molecule has 0 radical (unpaired) electrons. The summed E-state index contributed by atoms with van der Waals surface area (Å²) in [6, 6.07) is 5.94. The van der Waals surface area contributed by atoms with Crippen LogP contribution in [0.5, 0.6) is 0 Å². The number of rotatable bonds is 2. The smallest absolute Gasteiger partial charge is 0.140 e. The summed E-state index contributed by atoms with van der Waals surface area (Å²) in [7, 11) is 0. The fourth-order valence-corrected chi connectivity index (χ4v) is 1.43. The maximum atomic E-state index is 8.56. The Hall–Kier alpha value is -1.60. The zero-order valence-electron chi connectivity index (χ0n) is 7.73. The van der Waals surface area contributed by atoms with Crippen molar-refractivity contribution < 1.29 is 4.74 Å². The number of hydrogen-bond acceptors (Lipinski definition) is 4. The van der Waals surface area contributed by atoms with Crippen LogP contribution in [0.1, 0.15) is 12.1 Å². The normalized spacial score (nSPS) is 20.4. The Morgan fingerprint density at radius 1 is 1.57 bits per heavy atom. The van der Waals surface area contributed by atoms with E-state index in [1.54, 1.807) is 12.3 Å². The molecule has 14 heavy (non-hydrogen) atoms. The Kier molecular flexibility index (Phi) is 2.61. The predicted octanol–water partition coefficient (Wildman–Crippen LogP) is 1.15. The molecule has 1 aromatic rings. The molecule has 1 saturated heterocycles. The van der Waals surface area contributed by atoms with Crippen molar-refractivity contribution in [3.8, 4) is 6.07 Å². The molecule has 0 amide bonds. The van der Waals surface area contributed by atoms with Gasteiger partial charge >= 0.3 is 0 Å². The summed E-state index contributed by atoms with van der Waals surface area (Å²) in [5.41, 5.74) is 1.39. The molecule has 1 atom stereocenters. The fraction of sp³-hybridized carbons (Fsp3) is 0.400. The quantitative estimate of drug-likeness (QED) is 0.758. The second-order valence-electron chi connectivity index (χ2n) is 3.25. The summed E-state index contributed by atoms with van der Waals surface area (Å²) in [6.07, 6.45) is 2.71. The van der Waals surface area contributed by atoms with Gasteiger partial charge in [-0.2, -0.15) is 5.26 Å². The largest absolute Gasteiger partial charge is 0.379 e. The lowest BCUT2D eigenvalue weighted by molar-refractivity contribution is 0.195. The van der Waals surface area contributed by atoms with Gasteiger partial charge < -0.3 is 10.1 Å². The number of nitrogens with one attached hydrogen (secondary N) is 1. The summed E-state index contributed by atoms with van der Waals surface area (Å²) in [5, 5.41) is 11.9. The molecule has 0 aliphatic carbocycles. The zero-order valence-corrected chi connectivity index (χ0v) is 7.73. The highest BCUT2D eigenvalue weighted by molar-refractivity contribution is 5.43. The molecule has 1 aliphatic rings. The van der Waals surface area contributed by atoms with Crippen molar-refractivity contribution in [1.29, 1.82) is 5.26 Å². The van der Waals surface area contributed by atoms with Crippen LogP contribution in [0, 0.1) is 11.3 Å². The van der Waals surface area contributed by atoms with Crippen LogP contribution >= 0.6 is 0 Å². The van der Waals surface area contributed by atoms with Gasteiger partial charge in [-0.1, -0.05) is 0 Å². The SMILES string of the molecule is N#Cc1ccc(NC2CCOC2)cn1. The summed E-state index contributed by atoms with van der Waals surface area (Å²) in [5.74, 6) is 0. The molecule has 1 aliphatic heterocycles. The van der Waals surface area contributed by atoms with Gasteiger partial charge in [0, 0.05) is 6.61 Å². The van der Waals surface area contributed by atoms with Gasteiger partial charge in [0.25, 0.3) is 0 Å². The molecule has 0 bridgehead atoms. The number of anilines is 1. The van der Waals surface area contributed by atoms with Gasteiger partial charge in [-0.3, -0.25) is 0 Å². The Morgan fingerprint density at radius 3 is 3.07 bits per heavy atom. The van der Waals surface area contributed by atoms with E-state index in [4.69, 9.17) is 10.00 Å². The minimum Gasteiger partial charge on any atom is -0.379 e. The molecule has 4 nitrogen and oxygen atoms in total. The molecule has 2 rings (SSSR count). The minimum atomic E-state index is 0.379. The van der Waals surface area contributed by atoms with E-state index in [1.165, 1.54) is 0 Å². The number of ether oxygens (including phenoxy) is 1. The lowest BCUT2D eigenvalue weighted by Gasteiger charge is -2.10. The van der Waals surface area contributed by atoms with Crippen molar-refractivity contribution in [3.05, 3.63) is 24.0 Å². The number of nitrogens with zero attached hydrogens (tertiary/aromatic N) is 2. The first-order valence-corrected chi connectivity index (χ1v) is 4.59. The molecule has 0 saturated carbocycles. The van der Waals surface area contributed by atoms with E-state index >= 15 is 0 Å². The van der Waals surface area contributed by atoms with Crippen molar-refractivity contribution in [3.63, 3.8) is 0 Å². The van der Waals surface area contributed by atoms with E-state index in [2.05, 4.69) is 10.3 Å². The van der Waals surface area contributed by atoms with E-state index < -0.39 is 0 Å². The molecular weight excluding hydrogens is 178 g/mol. The highest BCUT2D eigenvalue weighted by atomic mass is 16.5. The number of aromatic nitrogens is 1. The molecule has 1 N–H and O–H groups in total. The zero-order chi connectivity index (χ0) is 9.80. The van der Waals surface area contributed by atoms with Crippen molar-refractivity contribution in [2.75, 3.05) is 18.5 Å². The third kappa shape index (κ3) is 2.01. The van der Waals surface area contributed by atoms with E-state index in [-0.39, 0.29) is 0 Å². The van der Waals surface area contributed by atoms with Gasteiger partial charge in [0.1, 0.15) is 11.8 Å². The lowest BCUT2D eigenvalue weighted by Crippen LogP contribution is -2.18. The molecule has 1 unspecified atom stereocenters. The first-order chi connectivity index (χ1) is 6.88. The Labute approximate surface area is 82.5 Å². The maximum absolute atomic E-state index is 8.56. The first-order valence-electron chi connectivity index (χ1n) is 4.59.